The van der Waals surface area contributed by atoms with E-state index in [2.05, 4.69) is 10.7 Å². The third kappa shape index (κ3) is 0.787. The van der Waals surface area contributed by atoms with Gasteiger partial charge in [0, 0.05) is 0 Å². The first-order chi connectivity index (χ1) is 4.25. The van der Waals surface area contributed by atoms with Gasteiger partial charge in [-0.05, 0) is 12.8 Å². The fourth-order valence-electron chi connectivity index (χ4n) is 0.728. The average Bonchev–Trinajstić information content (AvgIpc) is 2.66. The molecule has 0 aromatic heterocycles. The second kappa shape index (κ2) is 1.77. The minimum absolute atomic E-state index is 0.259. The molecule has 0 unspecified atom stereocenters. The van der Waals surface area contributed by atoms with Crippen LogP contribution < -0.4 is 0 Å². The van der Waals surface area contributed by atoms with Gasteiger partial charge in [0.15, 0.2) is 0 Å². The molecule has 0 aliphatic heterocycles. The Morgan fingerprint density at radius 1 is 1.78 bits per heavy atom. The van der Waals surface area contributed by atoms with Gasteiger partial charge >= 0.3 is 5.97 Å². The topological polar surface area (TPSA) is 26.3 Å². The summed E-state index contributed by atoms with van der Waals surface area (Å²) >= 11 is 0. The quantitative estimate of drug-likeness (QED) is 0.377. The monoisotopic (exact) mass is 124 g/mol. The zero-order valence-electron chi connectivity index (χ0n) is 5.31. The molecule has 2 heteroatoms. The van der Waals surface area contributed by atoms with Gasteiger partial charge in [-0.2, -0.15) is 0 Å². The maximum atomic E-state index is 10.8. The number of carbonyl (C=O) groups is 1. The van der Waals surface area contributed by atoms with Gasteiger partial charge in [-0.25, -0.2) is 0 Å². The molecular formula is C7H8O2. The van der Waals surface area contributed by atoms with E-state index in [4.69, 9.17) is 6.42 Å². The molecule has 0 radical (unpaired) electrons. The maximum absolute atomic E-state index is 10.8. The maximum Gasteiger partial charge on any atom is 0.323 e. The number of rotatable bonds is 1. The summed E-state index contributed by atoms with van der Waals surface area (Å²) in [5, 5.41) is 0. The van der Waals surface area contributed by atoms with Crippen LogP contribution in [-0.4, -0.2) is 13.1 Å². The molecule has 1 aliphatic rings. The Morgan fingerprint density at radius 3 is 2.44 bits per heavy atom. The summed E-state index contributed by atoms with van der Waals surface area (Å²) in [5.41, 5.74) is -0.533. The van der Waals surface area contributed by atoms with Crippen LogP contribution in [0.2, 0.25) is 0 Å². The predicted octanol–water partition coefficient (Wildman–Crippen LogP) is 0.573. The summed E-state index contributed by atoms with van der Waals surface area (Å²) in [6, 6.07) is 0. The van der Waals surface area contributed by atoms with Gasteiger partial charge in [0.1, 0.15) is 5.41 Å². The van der Waals surface area contributed by atoms with Crippen molar-refractivity contribution in [1.82, 2.24) is 0 Å². The zero-order chi connectivity index (χ0) is 6.91. The van der Waals surface area contributed by atoms with Crippen LogP contribution in [0.15, 0.2) is 0 Å². The van der Waals surface area contributed by atoms with E-state index in [0.717, 1.165) is 12.8 Å². The van der Waals surface area contributed by atoms with Crippen molar-refractivity contribution in [3.63, 3.8) is 0 Å². The Bertz CT molecular complexity index is 172. The molecule has 0 saturated heterocycles. The number of terminal acetylenes is 1. The van der Waals surface area contributed by atoms with E-state index in [9.17, 15) is 4.79 Å². The van der Waals surface area contributed by atoms with Crippen molar-refractivity contribution in [2.45, 2.75) is 12.8 Å². The molecule has 48 valence electrons. The number of hydrogen-bond acceptors (Lipinski definition) is 2. The predicted molar refractivity (Wildman–Crippen MR) is 32.5 cm³/mol. The first kappa shape index (κ1) is 6.15. The van der Waals surface area contributed by atoms with Gasteiger partial charge in [0.25, 0.3) is 0 Å². The summed E-state index contributed by atoms with van der Waals surface area (Å²) in [5.74, 6) is 2.17. The fraction of sp³-hybridized carbons (Fsp3) is 0.571. The van der Waals surface area contributed by atoms with Crippen molar-refractivity contribution in [3.8, 4) is 12.3 Å². The summed E-state index contributed by atoms with van der Waals surface area (Å²) in [7, 11) is 1.36. The largest absolute Gasteiger partial charge is 0.468 e. The highest BCUT2D eigenvalue weighted by Gasteiger charge is 2.49. The van der Waals surface area contributed by atoms with E-state index < -0.39 is 5.41 Å². The Morgan fingerprint density at radius 2 is 2.33 bits per heavy atom. The first-order valence-corrected chi connectivity index (χ1v) is 2.81. The lowest BCUT2D eigenvalue weighted by atomic mass is 10.1. The Labute approximate surface area is 54.2 Å². The van der Waals surface area contributed by atoms with Gasteiger partial charge in [-0.3, -0.25) is 4.79 Å². The zero-order valence-corrected chi connectivity index (χ0v) is 5.31. The molecule has 1 rings (SSSR count). The number of carbonyl (C=O) groups excluding carboxylic acids is 1. The van der Waals surface area contributed by atoms with Crippen LogP contribution in [0.5, 0.6) is 0 Å². The third-order valence-corrected chi connectivity index (χ3v) is 1.60. The lowest BCUT2D eigenvalue weighted by Crippen LogP contribution is -2.14. The highest BCUT2D eigenvalue weighted by molar-refractivity contribution is 5.83. The molecule has 1 saturated carbocycles. The van der Waals surface area contributed by atoms with Crippen molar-refractivity contribution >= 4 is 5.97 Å². The average molecular weight is 124 g/mol. The lowest BCUT2D eigenvalue weighted by molar-refractivity contribution is -0.144. The number of esters is 1. The van der Waals surface area contributed by atoms with E-state index in [1.165, 1.54) is 7.11 Å². The van der Waals surface area contributed by atoms with Crippen LogP contribution in [0.25, 0.3) is 0 Å². The van der Waals surface area contributed by atoms with Crippen molar-refractivity contribution in [3.05, 3.63) is 0 Å². The van der Waals surface area contributed by atoms with Gasteiger partial charge < -0.3 is 4.74 Å². The second-order valence-corrected chi connectivity index (χ2v) is 2.22. The Hall–Kier alpha value is -0.970. The summed E-state index contributed by atoms with van der Waals surface area (Å²) in [6.07, 6.45) is 6.67. The summed E-state index contributed by atoms with van der Waals surface area (Å²) in [6.45, 7) is 0. The van der Waals surface area contributed by atoms with Crippen LogP contribution in [0.1, 0.15) is 12.8 Å². The lowest BCUT2D eigenvalue weighted by Gasteiger charge is -2.01. The van der Waals surface area contributed by atoms with Crippen LogP contribution in [0, 0.1) is 17.8 Å². The summed E-state index contributed by atoms with van der Waals surface area (Å²) in [4.78, 5) is 10.8. The summed E-state index contributed by atoms with van der Waals surface area (Å²) < 4.78 is 4.49. The Kier molecular flexibility index (Phi) is 1.21. The molecular weight excluding hydrogens is 116 g/mol. The molecule has 2 nitrogen and oxygen atoms in total. The van der Waals surface area contributed by atoms with E-state index >= 15 is 0 Å². The standard InChI is InChI=1S/C7H8O2/c1-3-7(4-5-7)6(8)9-2/h1H,4-5H2,2H3. The minimum atomic E-state index is -0.533. The first-order valence-electron chi connectivity index (χ1n) is 2.81. The molecule has 0 heterocycles. The smallest absolute Gasteiger partial charge is 0.323 e. The molecule has 0 atom stereocenters. The van der Waals surface area contributed by atoms with Gasteiger partial charge in [-0.1, -0.05) is 5.92 Å². The Balaban J connectivity index is 2.63. The molecule has 0 bridgehead atoms. The van der Waals surface area contributed by atoms with Gasteiger partial charge in [-0.15, -0.1) is 6.42 Å². The van der Waals surface area contributed by atoms with Crippen LogP contribution in [0.4, 0.5) is 0 Å². The highest BCUT2D eigenvalue weighted by atomic mass is 16.5. The minimum Gasteiger partial charge on any atom is -0.468 e. The fourth-order valence-corrected chi connectivity index (χ4v) is 0.728. The van der Waals surface area contributed by atoms with Gasteiger partial charge in [0.2, 0.25) is 0 Å². The molecule has 1 fully saturated rings. The molecule has 0 aromatic carbocycles. The number of hydrogen-bond donors (Lipinski definition) is 0. The number of ether oxygens (including phenoxy) is 1. The molecule has 9 heavy (non-hydrogen) atoms. The van der Waals surface area contributed by atoms with Gasteiger partial charge in [0.05, 0.1) is 7.11 Å². The SMILES string of the molecule is C#CC1(C(=O)OC)CC1. The molecule has 0 aromatic rings. The van der Waals surface area contributed by atoms with Crippen molar-refractivity contribution in [2.75, 3.05) is 7.11 Å². The molecule has 1 aliphatic carbocycles. The van der Waals surface area contributed by atoms with Crippen molar-refractivity contribution in [2.24, 2.45) is 5.41 Å². The molecule has 0 N–H and O–H groups in total. The second-order valence-electron chi connectivity index (χ2n) is 2.22. The van der Waals surface area contributed by atoms with E-state index in [1.54, 1.807) is 0 Å². The normalized spacial score (nSPS) is 20.0. The van der Waals surface area contributed by atoms with E-state index in [1.807, 2.05) is 0 Å². The highest BCUT2D eigenvalue weighted by Crippen LogP contribution is 2.45. The van der Waals surface area contributed by atoms with Crippen LogP contribution >= 0.6 is 0 Å². The molecule has 0 amide bonds. The van der Waals surface area contributed by atoms with Crippen molar-refractivity contribution in [1.29, 1.82) is 0 Å². The van der Waals surface area contributed by atoms with Crippen molar-refractivity contribution < 1.29 is 9.53 Å². The van der Waals surface area contributed by atoms with E-state index in [-0.39, 0.29) is 5.97 Å². The van der Waals surface area contributed by atoms with Crippen LogP contribution in [0.3, 0.4) is 0 Å². The van der Waals surface area contributed by atoms with Crippen LogP contribution in [-0.2, 0) is 9.53 Å². The van der Waals surface area contributed by atoms with E-state index in [0.29, 0.717) is 0 Å². The number of methoxy groups -OCH3 is 1. The third-order valence-electron chi connectivity index (χ3n) is 1.60. The molecule has 0 spiro atoms.